The second-order valence-corrected chi connectivity index (χ2v) is 6.06. The van der Waals surface area contributed by atoms with Gasteiger partial charge in [-0.3, -0.25) is 10.1 Å². The number of hydrogen-bond donors (Lipinski definition) is 2. The van der Waals surface area contributed by atoms with Gasteiger partial charge in [0.05, 0.1) is 11.9 Å². The van der Waals surface area contributed by atoms with Crippen LogP contribution < -0.4 is 5.32 Å². The Kier molecular flexibility index (Phi) is 3.90. The Balaban J connectivity index is 1.79. The molecule has 0 aliphatic heterocycles. The van der Waals surface area contributed by atoms with Crippen LogP contribution in [0.5, 0.6) is 0 Å². The van der Waals surface area contributed by atoms with Gasteiger partial charge in [0.1, 0.15) is 11.9 Å². The molecule has 0 radical (unpaired) electrons. The number of aromatic nitrogens is 6. The van der Waals surface area contributed by atoms with Gasteiger partial charge >= 0.3 is 0 Å². The molecule has 4 aromatic rings. The number of nitrogens with one attached hydrogen (secondary N) is 2. The largest absolute Gasteiger partial charge is 0.308 e. The number of benzene rings is 1. The molecular weight excluding hydrogens is 386 g/mol. The Hall–Kier alpha value is -3.20. The minimum atomic E-state index is -0.330. The van der Waals surface area contributed by atoms with Crippen molar-refractivity contribution in [1.82, 2.24) is 29.5 Å². The van der Waals surface area contributed by atoms with Crippen molar-refractivity contribution in [2.24, 2.45) is 0 Å². The highest BCUT2D eigenvalue weighted by Crippen LogP contribution is 2.22. The molecule has 0 saturated carbocycles. The molecule has 0 bridgehead atoms. The minimum Gasteiger partial charge on any atom is -0.308 e. The predicted molar refractivity (Wildman–Crippen MR) is 94.9 cm³/mol. The average Bonchev–Trinajstić information content (AvgIpc) is 3.36. The summed E-state index contributed by atoms with van der Waals surface area (Å²) < 4.78 is 4.51. The summed E-state index contributed by atoms with van der Waals surface area (Å²) in [4.78, 5) is 16.6. The van der Waals surface area contributed by atoms with Gasteiger partial charge in [-0.1, -0.05) is 15.9 Å². The third kappa shape index (κ3) is 2.96. The van der Waals surface area contributed by atoms with Crippen LogP contribution in [0.15, 0.2) is 65.8 Å². The molecule has 124 valence electrons. The van der Waals surface area contributed by atoms with E-state index in [-0.39, 0.29) is 11.9 Å². The van der Waals surface area contributed by atoms with Crippen LogP contribution in [0, 0.1) is 0 Å². The molecule has 8 nitrogen and oxygen atoms in total. The summed E-state index contributed by atoms with van der Waals surface area (Å²) in [6.45, 7) is 0. The van der Waals surface area contributed by atoms with E-state index in [0.717, 1.165) is 10.2 Å². The van der Waals surface area contributed by atoms with Gasteiger partial charge in [-0.15, -0.1) is 0 Å². The van der Waals surface area contributed by atoms with Crippen LogP contribution in [0.3, 0.4) is 0 Å². The van der Waals surface area contributed by atoms with E-state index in [4.69, 9.17) is 0 Å². The maximum Gasteiger partial charge on any atom is 0.263 e. The zero-order valence-electron chi connectivity index (χ0n) is 12.8. The number of aromatic amines is 1. The van der Waals surface area contributed by atoms with E-state index in [1.54, 1.807) is 4.68 Å². The summed E-state index contributed by atoms with van der Waals surface area (Å²) in [5.74, 6) is 0.577. The molecule has 0 saturated heterocycles. The van der Waals surface area contributed by atoms with Gasteiger partial charge < -0.3 is 4.57 Å². The van der Waals surface area contributed by atoms with E-state index >= 15 is 0 Å². The van der Waals surface area contributed by atoms with Crippen LogP contribution in [0.1, 0.15) is 10.4 Å². The minimum absolute atomic E-state index is 0.278. The normalized spacial score (nSPS) is 10.8. The molecule has 0 fully saturated rings. The third-order valence-corrected chi connectivity index (χ3v) is 4.08. The lowest BCUT2D eigenvalue weighted by molar-refractivity contribution is 0.102. The predicted octanol–water partition coefficient (Wildman–Crippen LogP) is 2.80. The van der Waals surface area contributed by atoms with Crippen molar-refractivity contribution in [2.45, 2.75) is 0 Å². The van der Waals surface area contributed by atoms with Crippen molar-refractivity contribution >= 4 is 27.8 Å². The van der Waals surface area contributed by atoms with E-state index in [1.165, 1.54) is 12.5 Å². The van der Waals surface area contributed by atoms with E-state index in [2.05, 4.69) is 41.5 Å². The van der Waals surface area contributed by atoms with Crippen LogP contribution in [0.2, 0.25) is 0 Å². The zero-order chi connectivity index (χ0) is 17.2. The number of carbonyl (C=O) groups excluding carboxylic acids is 1. The molecule has 0 aliphatic carbocycles. The first-order valence-electron chi connectivity index (χ1n) is 7.36. The lowest BCUT2D eigenvalue weighted by atomic mass is 10.3. The molecule has 3 aromatic heterocycles. The Morgan fingerprint density at radius 3 is 2.60 bits per heavy atom. The number of halogens is 1. The second-order valence-electron chi connectivity index (χ2n) is 5.15. The van der Waals surface area contributed by atoms with Crippen molar-refractivity contribution in [3.8, 4) is 11.5 Å². The summed E-state index contributed by atoms with van der Waals surface area (Å²) >= 11 is 3.42. The summed E-state index contributed by atoms with van der Waals surface area (Å²) in [5.41, 5.74) is 1.25. The first-order chi connectivity index (χ1) is 12.2. The Bertz CT molecular complexity index is 988. The molecule has 9 heteroatoms. The van der Waals surface area contributed by atoms with Crippen LogP contribution in [-0.4, -0.2) is 35.4 Å². The summed E-state index contributed by atoms with van der Waals surface area (Å²) in [5, 5.41) is 13.4. The highest BCUT2D eigenvalue weighted by molar-refractivity contribution is 9.10. The van der Waals surface area contributed by atoms with Gasteiger partial charge in [-0.2, -0.15) is 15.2 Å². The zero-order valence-corrected chi connectivity index (χ0v) is 14.4. The number of H-pyrrole nitrogens is 1. The maximum atomic E-state index is 12.7. The number of amides is 1. The fraction of sp³-hybridized carbons (Fsp3) is 0. The van der Waals surface area contributed by atoms with Crippen LogP contribution in [0.4, 0.5) is 5.95 Å². The number of carbonyl (C=O) groups is 1. The molecular formula is C16H12BrN7O. The molecule has 3 heterocycles. The van der Waals surface area contributed by atoms with Gasteiger partial charge in [0.2, 0.25) is 5.95 Å². The van der Waals surface area contributed by atoms with Gasteiger partial charge in [0.15, 0.2) is 5.82 Å². The van der Waals surface area contributed by atoms with E-state index in [0.29, 0.717) is 11.4 Å². The van der Waals surface area contributed by atoms with Gasteiger partial charge in [0.25, 0.3) is 5.91 Å². The summed E-state index contributed by atoms with van der Waals surface area (Å²) in [6.07, 6.45) is 6.58. The first kappa shape index (κ1) is 15.3. The lowest BCUT2D eigenvalue weighted by Crippen LogP contribution is -2.16. The molecule has 25 heavy (non-hydrogen) atoms. The monoisotopic (exact) mass is 397 g/mol. The highest BCUT2D eigenvalue weighted by atomic mass is 79.9. The van der Waals surface area contributed by atoms with E-state index in [9.17, 15) is 4.79 Å². The van der Waals surface area contributed by atoms with E-state index in [1.807, 2.05) is 53.4 Å². The number of hydrogen-bond acceptors (Lipinski definition) is 4. The average molecular weight is 398 g/mol. The molecule has 1 amide bonds. The topological polar surface area (TPSA) is 93.4 Å². The molecule has 1 aromatic carbocycles. The van der Waals surface area contributed by atoms with Crippen LogP contribution in [0.25, 0.3) is 11.5 Å². The third-order valence-electron chi connectivity index (χ3n) is 3.56. The quantitative estimate of drug-likeness (QED) is 0.553. The van der Waals surface area contributed by atoms with Crippen LogP contribution in [-0.2, 0) is 0 Å². The Morgan fingerprint density at radius 2 is 1.92 bits per heavy atom. The maximum absolute atomic E-state index is 12.7. The Labute approximate surface area is 150 Å². The van der Waals surface area contributed by atoms with Crippen LogP contribution >= 0.6 is 15.9 Å². The number of nitrogens with zero attached hydrogens (tertiary/aromatic N) is 5. The molecule has 0 unspecified atom stereocenters. The summed E-state index contributed by atoms with van der Waals surface area (Å²) in [6, 6.07) is 11.5. The first-order valence-corrected chi connectivity index (χ1v) is 8.16. The Morgan fingerprint density at radius 1 is 1.16 bits per heavy atom. The lowest BCUT2D eigenvalue weighted by Gasteiger charge is -2.10. The fourth-order valence-electron chi connectivity index (χ4n) is 2.44. The number of anilines is 1. The summed E-state index contributed by atoms with van der Waals surface area (Å²) in [7, 11) is 0. The number of rotatable bonds is 4. The SMILES string of the molecule is O=C(Nc1ncn[nH]1)c1cnn(-c2ccc(Br)cc2)c1-n1cccc1. The van der Waals surface area contributed by atoms with Crippen molar-refractivity contribution in [2.75, 3.05) is 5.32 Å². The van der Waals surface area contributed by atoms with Gasteiger partial charge in [-0.25, -0.2) is 9.78 Å². The fourth-order valence-corrected chi connectivity index (χ4v) is 2.70. The van der Waals surface area contributed by atoms with Crippen molar-refractivity contribution in [1.29, 1.82) is 0 Å². The molecule has 0 spiro atoms. The smallest absolute Gasteiger partial charge is 0.263 e. The van der Waals surface area contributed by atoms with Crippen molar-refractivity contribution < 1.29 is 4.79 Å². The molecule has 0 atom stereocenters. The van der Waals surface area contributed by atoms with E-state index < -0.39 is 0 Å². The second kappa shape index (κ2) is 6.36. The van der Waals surface area contributed by atoms with Gasteiger partial charge in [-0.05, 0) is 36.4 Å². The molecule has 4 rings (SSSR count). The van der Waals surface area contributed by atoms with Gasteiger partial charge in [0, 0.05) is 16.9 Å². The molecule has 2 N–H and O–H groups in total. The van der Waals surface area contributed by atoms with Crippen molar-refractivity contribution in [3.63, 3.8) is 0 Å². The highest BCUT2D eigenvalue weighted by Gasteiger charge is 2.20. The van der Waals surface area contributed by atoms with Crippen molar-refractivity contribution in [3.05, 3.63) is 71.4 Å². The standard InChI is InChI=1S/C16H12BrN7O/c17-11-3-5-12(6-4-11)24-15(23-7-1-2-8-23)13(9-20-24)14(25)21-16-18-10-19-22-16/h1-10H,(H2,18,19,21,22,25). The molecule has 0 aliphatic rings.